The van der Waals surface area contributed by atoms with Gasteiger partial charge >= 0.3 is 17.9 Å². The zero-order chi connectivity index (χ0) is 55.7. The monoisotopic (exact) mass is 1080 g/mol. The summed E-state index contributed by atoms with van der Waals surface area (Å²) in [4.78, 5) is 38.2. The first-order chi connectivity index (χ1) is 38.0. The molecular weight excluding hydrogens is 949 g/mol. The molecule has 0 heterocycles. The van der Waals surface area contributed by atoms with E-state index < -0.39 is 6.10 Å². The molecule has 0 aromatic rings. The molecular formula is C71H134O6. The van der Waals surface area contributed by atoms with Crippen molar-refractivity contribution in [1.82, 2.24) is 0 Å². The summed E-state index contributed by atoms with van der Waals surface area (Å²) in [6.07, 6.45) is 81.0. The van der Waals surface area contributed by atoms with E-state index in [4.69, 9.17) is 14.2 Å². The first-order valence-corrected chi connectivity index (χ1v) is 34.8. The number of carbonyl (C=O) groups excluding carboxylic acids is 3. The van der Waals surface area contributed by atoms with Gasteiger partial charge in [-0.15, -0.1) is 0 Å². The van der Waals surface area contributed by atoms with E-state index in [1.54, 1.807) is 0 Å². The normalized spacial score (nSPS) is 12.1. The molecule has 454 valence electrons. The third-order valence-corrected chi connectivity index (χ3v) is 16.0. The molecule has 0 saturated carbocycles. The van der Waals surface area contributed by atoms with Gasteiger partial charge in [0.2, 0.25) is 0 Å². The molecule has 77 heavy (non-hydrogen) atoms. The van der Waals surface area contributed by atoms with Crippen molar-refractivity contribution < 1.29 is 28.6 Å². The highest BCUT2D eigenvalue weighted by Gasteiger charge is 2.19. The maximum Gasteiger partial charge on any atom is 0.306 e. The predicted molar refractivity (Wildman–Crippen MR) is 335 cm³/mol. The number of ether oxygens (including phenoxy) is 3. The second-order valence-electron chi connectivity index (χ2n) is 23.8. The van der Waals surface area contributed by atoms with E-state index in [9.17, 15) is 14.4 Å². The largest absolute Gasteiger partial charge is 0.462 e. The SMILES string of the molecule is CCCCCC/C=C\C/C=C\CCCCCCCC(=O)OC(COC(=O)CCCCCCCCCCC)COC(=O)CCCCCCCCCCCCCCCCCCCCCCCCCCCCCCCCCCCC. The van der Waals surface area contributed by atoms with E-state index in [0.29, 0.717) is 19.3 Å². The highest BCUT2D eigenvalue weighted by atomic mass is 16.6. The molecule has 0 aliphatic carbocycles. The summed E-state index contributed by atoms with van der Waals surface area (Å²) in [6, 6.07) is 0. The number of unbranched alkanes of at least 4 members (excludes halogenated alkanes) is 50. The molecule has 0 amide bonds. The van der Waals surface area contributed by atoms with E-state index in [1.165, 1.54) is 276 Å². The second kappa shape index (κ2) is 66.4. The Balaban J connectivity index is 3.98. The van der Waals surface area contributed by atoms with Crippen LogP contribution in [0.4, 0.5) is 0 Å². The summed E-state index contributed by atoms with van der Waals surface area (Å²) in [5.41, 5.74) is 0. The topological polar surface area (TPSA) is 78.9 Å². The number of hydrogen-bond acceptors (Lipinski definition) is 6. The molecule has 1 unspecified atom stereocenters. The average Bonchev–Trinajstić information content (AvgIpc) is 3.43. The smallest absolute Gasteiger partial charge is 0.306 e. The van der Waals surface area contributed by atoms with Crippen LogP contribution in [0.15, 0.2) is 24.3 Å². The third kappa shape index (κ3) is 64.6. The van der Waals surface area contributed by atoms with Crippen molar-refractivity contribution in [3.05, 3.63) is 24.3 Å². The Hall–Kier alpha value is -2.11. The van der Waals surface area contributed by atoms with Gasteiger partial charge < -0.3 is 14.2 Å². The molecule has 0 fully saturated rings. The fraction of sp³-hybridized carbons (Fsp3) is 0.901. The van der Waals surface area contributed by atoms with Crippen LogP contribution in [0.2, 0.25) is 0 Å². The molecule has 0 spiro atoms. The Labute approximate surface area is 481 Å². The molecule has 0 aliphatic rings. The summed E-state index contributed by atoms with van der Waals surface area (Å²) in [5, 5.41) is 0. The minimum Gasteiger partial charge on any atom is -0.462 e. The van der Waals surface area contributed by atoms with Crippen LogP contribution < -0.4 is 0 Å². The number of carbonyl (C=O) groups is 3. The molecule has 0 aliphatic heterocycles. The van der Waals surface area contributed by atoms with Crippen molar-refractivity contribution in [3.63, 3.8) is 0 Å². The molecule has 0 radical (unpaired) electrons. The summed E-state index contributed by atoms with van der Waals surface area (Å²) in [7, 11) is 0. The second-order valence-corrected chi connectivity index (χ2v) is 23.8. The number of rotatable bonds is 65. The molecule has 1 atom stereocenters. The van der Waals surface area contributed by atoms with E-state index in [1.807, 2.05) is 0 Å². The molecule has 0 saturated heterocycles. The van der Waals surface area contributed by atoms with E-state index >= 15 is 0 Å². The number of allylic oxidation sites excluding steroid dienone is 4. The van der Waals surface area contributed by atoms with Crippen LogP contribution in [0.5, 0.6) is 0 Å². The van der Waals surface area contributed by atoms with Crippen molar-refractivity contribution in [2.24, 2.45) is 0 Å². The zero-order valence-electron chi connectivity index (χ0n) is 52.3. The van der Waals surface area contributed by atoms with Crippen molar-refractivity contribution in [1.29, 1.82) is 0 Å². The van der Waals surface area contributed by atoms with Crippen LogP contribution in [-0.2, 0) is 28.6 Å². The summed E-state index contributed by atoms with van der Waals surface area (Å²) in [5.74, 6) is -0.864. The van der Waals surface area contributed by atoms with Gasteiger partial charge in [0.1, 0.15) is 13.2 Å². The molecule has 6 nitrogen and oxygen atoms in total. The van der Waals surface area contributed by atoms with Crippen molar-refractivity contribution in [2.75, 3.05) is 13.2 Å². The lowest BCUT2D eigenvalue weighted by Gasteiger charge is -2.18. The Morgan fingerprint density at radius 2 is 0.468 bits per heavy atom. The van der Waals surface area contributed by atoms with Gasteiger partial charge in [0, 0.05) is 19.3 Å². The van der Waals surface area contributed by atoms with Gasteiger partial charge in [0.25, 0.3) is 0 Å². The minimum absolute atomic E-state index is 0.0716. The van der Waals surface area contributed by atoms with E-state index in [0.717, 1.165) is 77.0 Å². The molecule has 0 bridgehead atoms. The lowest BCUT2D eigenvalue weighted by atomic mass is 10.0. The van der Waals surface area contributed by atoms with Crippen LogP contribution in [-0.4, -0.2) is 37.2 Å². The van der Waals surface area contributed by atoms with Gasteiger partial charge in [-0.2, -0.15) is 0 Å². The van der Waals surface area contributed by atoms with Gasteiger partial charge in [0.15, 0.2) is 6.10 Å². The van der Waals surface area contributed by atoms with Gasteiger partial charge in [-0.1, -0.05) is 347 Å². The minimum atomic E-state index is -0.774. The van der Waals surface area contributed by atoms with Gasteiger partial charge in [-0.25, -0.2) is 0 Å². The maximum atomic E-state index is 12.9. The van der Waals surface area contributed by atoms with Gasteiger partial charge in [-0.3, -0.25) is 14.4 Å². The Bertz CT molecular complexity index is 1240. The van der Waals surface area contributed by atoms with Crippen molar-refractivity contribution in [3.8, 4) is 0 Å². The number of hydrogen-bond donors (Lipinski definition) is 0. The lowest BCUT2D eigenvalue weighted by molar-refractivity contribution is -0.167. The van der Waals surface area contributed by atoms with Crippen LogP contribution in [0, 0.1) is 0 Å². The molecule has 0 N–H and O–H groups in total. The van der Waals surface area contributed by atoms with Crippen LogP contribution in [0.1, 0.15) is 393 Å². The summed E-state index contributed by atoms with van der Waals surface area (Å²) in [6.45, 7) is 6.65. The summed E-state index contributed by atoms with van der Waals surface area (Å²) < 4.78 is 16.9. The van der Waals surface area contributed by atoms with Crippen LogP contribution in [0.3, 0.4) is 0 Å². The van der Waals surface area contributed by atoms with Gasteiger partial charge in [0.05, 0.1) is 0 Å². The Morgan fingerprint density at radius 1 is 0.260 bits per heavy atom. The Kier molecular flexibility index (Phi) is 64.6. The molecule has 0 aromatic carbocycles. The fourth-order valence-corrected chi connectivity index (χ4v) is 10.7. The van der Waals surface area contributed by atoms with E-state index in [-0.39, 0.29) is 31.1 Å². The van der Waals surface area contributed by atoms with Crippen LogP contribution >= 0.6 is 0 Å². The molecule has 0 aromatic heterocycles. The van der Waals surface area contributed by atoms with Crippen LogP contribution in [0.25, 0.3) is 0 Å². The quantitative estimate of drug-likeness (QED) is 0.0261. The summed E-state index contributed by atoms with van der Waals surface area (Å²) >= 11 is 0. The molecule has 6 heteroatoms. The highest BCUT2D eigenvalue weighted by molar-refractivity contribution is 5.71. The maximum absolute atomic E-state index is 12.9. The fourth-order valence-electron chi connectivity index (χ4n) is 10.7. The highest BCUT2D eigenvalue weighted by Crippen LogP contribution is 2.19. The molecule has 0 rings (SSSR count). The van der Waals surface area contributed by atoms with Crippen molar-refractivity contribution in [2.45, 2.75) is 399 Å². The van der Waals surface area contributed by atoms with E-state index in [2.05, 4.69) is 45.1 Å². The first kappa shape index (κ1) is 74.9. The van der Waals surface area contributed by atoms with Gasteiger partial charge in [-0.05, 0) is 51.4 Å². The Morgan fingerprint density at radius 3 is 0.727 bits per heavy atom. The van der Waals surface area contributed by atoms with Crippen molar-refractivity contribution >= 4 is 17.9 Å². The zero-order valence-corrected chi connectivity index (χ0v) is 52.3. The third-order valence-electron chi connectivity index (χ3n) is 16.0. The standard InChI is InChI=1S/C71H134O6/c1-4-7-10-13-16-19-21-23-25-27-28-29-30-31-32-33-34-35-36-37-38-39-40-41-42-43-44-46-47-49-52-55-58-61-64-70(73)76-67-68(66-75-69(72)63-60-57-54-51-18-15-12-9-6-3)77-71(74)65-62-59-56-53-50-48-45-26-24-22-20-17-14-11-8-5-2/h20,22,26,45,68H,4-19,21,23-25,27-44,46-67H2,1-3H3/b22-20-,45-26-. The number of esters is 3. The lowest BCUT2D eigenvalue weighted by Crippen LogP contribution is -2.30. The average molecular weight is 1080 g/mol. The predicted octanol–water partition coefficient (Wildman–Crippen LogP) is 23.8. The first-order valence-electron chi connectivity index (χ1n) is 34.8.